The highest BCUT2D eigenvalue weighted by Gasteiger charge is 2.41. The van der Waals surface area contributed by atoms with E-state index in [2.05, 4.69) is 5.43 Å². The van der Waals surface area contributed by atoms with Gasteiger partial charge in [-0.15, -0.1) is 11.6 Å². The topological polar surface area (TPSA) is 78.6 Å². The van der Waals surface area contributed by atoms with Gasteiger partial charge in [-0.2, -0.15) is 0 Å². The molecule has 0 spiro atoms. The minimum absolute atomic E-state index is 0.219. The molecule has 2 atom stereocenters. The third-order valence-corrected chi connectivity index (χ3v) is 4.04. The first kappa shape index (κ1) is 13.2. The first-order chi connectivity index (χ1) is 9.69. The molecule has 0 aliphatic carbocycles. The molecule has 1 aliphatic heterocycles. The Morgan fingerprint density at radius 2 is 2.10 bits per heavy atom. The zero-order valence-electron chi connectivity index (χ0n) is 10.6. The number of aliphatic hydroxyl groups is 1. The molecular weight excluding hydrogens is 278 g/mol. The number of nitrogens with two attached hydrogens (primary N) is 1. The Morgan fingerprint density at radius 3 is 2.80 bits per heavy atom. The van der Waals surface area contributed by atoms with Gasteiger partial charge >= 0.3 is 6.03 Å². The van der Waals surface area contributed by atoms with Crippen LogP contribution in [0.25, 0.3) is 10.8 Å². The summed E-state index contributed by atoms with van der Waals surface area (Å²) in [7, 11) is 0. The normalized spacial score (nSPS) is 21.1. The fourth-order valence-electron chi connectivity index (χ4n) is 2.81. The molecule has 2 aromatic rings. The van der Waals surface area contributed by atoms with E-state index in [0.29, 0.717) is 5.69 Å². The van der Waals surface area contributed by atoms with Crippen molar-refractivity contribution in [1.29, 1.82) is 0 Å². The Morgan fingerprint density at radius 1 is 1.35 bits per heavy atom. The van der Waals surface area contributed by atoms with Crippen molar-refractivity contribution in [3.05, 3.63) is 42.0 Å². The predicted octanol–water partition coefficient (Wildman–Crippen LogP) is 1.88. The number of nitrogens with zero attached hydrogens (tertiary/aromatic N) is 1. The van der Waals surface area contributed by atoms with Gasteiger partial charge in [0.1, 0.15) is 6.23 Å². The van der Waals surface area contributed by atoms with Crippen molar-refractivity contribution in [2.75, 3.05) is 10.8 Å². The monoisotopic (exact) mass is 291 g/mol. The largest absolute Gasteiger partial charge is 0.372 e. The van der Waals surface area contributed by atoms with Crippen LogP contribution in [-0.2, 0) is 0 Å². The standard InChI is InChI=1S/C14H14ClN3O2/c15-7-10-12-9-4-2-1-3-8(9)5-6-11(12)18(13(10)19)14(20)17-16/h1-6,10,13,19H,7,16H2,(H,17,20). The van der Waals surface area contributed by atoms with Crippen molar-refractivity contribution >= 4 is 34.1 Å². The van der Waals surface area contributed by atoms with Crippen LogP contribution < -0.4 is 16.2 Å². The van der Waals surface area contributed by atoms with Gasteiger partial charge in [0.15, 0.2) is 0 Å². The Bertz CT molecular complexity index is 677. The second-order valence-corrected chi connectivity index (χ2v) is 5.02. The Balaban J connectivity index is 2.27. The Labute approximate surface area is 120 Å². The molecule has 0 fully saturated rings. The number of alkyl halides is 1. The molecule has 0 bridgehead atoms. The number of aliphatic hydroxyl groups excluding tert-OH is 1. The van der Waals surface area contributed by atoms with Crippen molar-refractivity contribution in [1.82, 2.24) is 5.43 Å². The van der Waals surface area contributed by atoms with Crippen LogP contribution in [0.2, 0.25) is 0 Å². The summed E-state index contributed by atoms with van der Waals surface area (Å²) in [6.07, 6.45) is -1.02. The lowest BCUT2D eigenvalue weighted by Crippen LogP contribution is -2.48. The van der Waals surface area contributed by atoms with Gasteiger partial charge in [0.25, 0.3) is 0 Å². The Hall–Kier alpha value is -1.82. The van der Waals surface area contributed by atoms with E-state index >= 15 is 0 Å². The number of halogens is 1. The number of urea groups is 1. The number of anilines is 1. The minimum Gasteiger partial charge on any atom is -0.372 e. The number of benzene rings is 2. The maximum atomic E-state index is 11.9. The van der Waals surface area contributed by atoms with Crippen molar-refractivity contribution in [3.63, 3.8) is 0 Å². The van der Waals surface area contributed by atoms with E-state index in [9.17, 15) is 9.90 Å². The molecule has 1 aliphatic rings. The number of hydrazine groups is 1. The minimum atomic E-state index is -1.02. The molecule has 1 heterocycles. The maximum absolute atomic E-state index is 11.9. The molecule has 2 aromatic carbocycles. The van der Waals surface area contributed by atoms with Crippen molar-refractivity contribution in [2.24, 2.45) is 5.84 Å². The van der Waals surface area contributed by atoms with Crippen LogP contribution in [-0.4, -0.2) is 23.2 Å². The van der Waals surface area contributed by atoms with Crippen LogP contribution in [0.4, 0.5) is 10.5 Å². The van der Waals surface area contributed by atoms with Gasteiger partial charge in [0, 0.05) is 11.8 Å². The zero-order chi connectivity index (χ0) is 14.3. The summed E-state index contributed by atoms with van der Waals surface area (Å²) in [6, 6.07) is 11.0. The van der Waals surface area contributed by atoms with Crippen LogP contribution in [0.15, 0.2) is 36.4 Å². The third kappa shape index (κ3) is 1.75. The van der Waals surface area contributed by atoms with Gasteiger partial charge in [-0.25, -0.2) is 10.6 Å². The van der Waals surface area contributed by atoms with Crippen LogP contribution >= 0.6 is 11.6 Å². The van der Waals surface area contributed by atoms with E-state index in [1.54, 1.807) is 0 Å². The van der Waals surface area contributed by atoms with Gasteiger partial charge < -0.3 is 5.11 Å². The average molecular weight is 292 g/mol. The number of hydrogen-bond donors (Lipinski definition) is 3. The van der Waals surface area contributed by atoms with Crippen LogP contribution in [0.5, 0.6) is 0 Å². The quantitative estimate of drug-likeness (QED) is 0.325. The smallest absolute Gasteiger partial charge is 0.338 e. The summed E-state index contributed by atoms with van der Waals surface area (Å²) in [5, 5.41) is 12.4. The highest BCUT2D eigenvalue weighted by Crippen LogP contribution is 2.44. The van der Waals surface area contributed by atoms with E-state index < -0.39 is 12.3 Å². The molecule has 6 heteroatoms. The first-order valence-electron chi connectivity index (χ1n) is 6.24. The number of hydrogen-bond acceptors (Lipinski definition) is 3. The highest BCUT2D eigenvalue weighted by molar-refractivity contribution is 6.19. The summed E-state index contributed by atoms with van der Waals surface area (Å²) in [4.78, 5) is 13.1. The molecule has 104 valence electrons. The van der Waals surface area contributed by atoms with Crippen LogP contribution in [0, 0.1) is 0 Å². The molecule has 20 heavy (non-hydrogen) atoms. The van der Waals surface area contributed by atoms with E-state index in [0.717, 1.165) is 16.3 Å². The summed E-state index contributed by atoms with van der Waals surface area (Å²) in [5.74, 6) is 5.07. The van der Waals surface area contributed by atoms with E-state index in [1.165, 1.54) is 4.90 Å². The predicted molar refractivity (Wildman–Crippen MR) is 78.6 cm³/mol. The molecule has 4 N–H and O–H groups in total. The van der Waals surface area contributed by atoms with Crippen LogP contribution in [0.1, 0.15) is 11.5 Å². The SMILES string of the molecule is NNC(=O)N1c2ccc3ccccc3c2C(CCl)C1O. The van der Waals surface area contributed by atoms with Gasteiger partial charge in [-0.3, -0.25) is 10.3 Å². The summed E-state index contributed by atoms with van der Waals surface area (Å²) >= 11 is 5.99. The number of fused-ring (bicyclic) bond motifs is 3. The molecular formula is C14H14ClN3O2. The first-order valence-corrected chi connectivity index (χ1v) is 6.78. The number of nitrogens with one attached hydrogen (secondary N) is 1. The molecule has 3 rings (SSSR count). The molecule has 2 amide bonds. The van der Waals surface area contributed by atoms with E-state index in [1.807, 2.05) is 36.4 Å². The molecule has 5 nitrogen and oxygen atoms in total. The summed E-state index contributed by atoms with van der Waals surface area (Å²) in [6.45, 7) is 0. The third-order valence-electron chi connectivity index (χ3n) is 3.71. The van der Waals surface area contributed by atoms with Crippen molar-refractivity contribution < 1.29 is 9.90 Å². The lowest BCUT2D eigenvalue weighted by molar-refractivity contribution is 0.157. The molecule has 0 saturated carbocycles. The van der Waals surface area contributed by atoms with Gasteiger partial charge in [0.2, 0.25) is 0 Å². The number of rotatable bonds is 1. The maximum Gasteiger partial charge on any atom is 0.338 e. The van der Waals surface area contributed by atoms with E-state index in [4.69, 9.17) is 17.4 Å². The number of carbonyl (C=O) groups is 1. The zero-order valence-corrected chi connectivity index (χ0v) is 11.3. The number of carbonyl (C=O) groups excluding carboxylic acids is 1. The lowest BCUT2D eigenvalue weighted by Gasteiger charge is -2.22. The Kier molecular flexibility index (Phi) is 3.25. The highest BCUT2D eigenvalue weighted by atomic mass is 35.5. The van der Waals surface area contributed by atoms with Gasteiger partial charge in [0.05, 0.1) is 5.69 Å². The van der Waals surface area contributed by atoms with Gasteiger partial charge in [-0.05, 0) is 22.4 Å². The summed E-state index contributed by atoms with van der Waals surface area (Å²) in [5.41, 5.74) is 3.58. The molecule has 0 aromatic heterocycles. The van der Waals surface area contributed by atoms with Crippen molar-refractivity contribution in [2.45, 2.75) is 12.1 Å². The fraction of sp³-hybridized carbons (Fsp3) is 0.214. The lowest BCUT2D eigenvalue weighted by atomic mass is 9.95. The molecule has 0 saturated heterocycles. The second-order valence-electron chi connectivity index (χ2n) is 4.71. The average Bonchev–Trinajstić information content (AvgIpc) is 2.78. The van der Waals surface area contributed by atoms with Crippen molar-refractivity contribution in [3.8, 4) is 0 Å². The number of amides is 2. The van der Waals surface area contributed by atoms with Gasteiger partial charge in [-0.1, -0.05) is 30.3 Å². The fourth-order valence-corrected chi connectivity index (χ4v) is 3.12. The van der Waals surface area contributed by atoms with E-state index in [-0.39, 0.29) is 11.8 Å². The summed E-state index contributed by atoms with van der Waals surface area (Å²) < 4.78 is 0. The second kappa shape index (κ2) is 4.94. The molecule has 0 radical (unpaired) electrons. The molecule has 2 unspecified atom stereocenters. The van der Waals surface area contributed by atoms with Crippen LogP contribution in [0.3, 0.4) is 0 Å².